The number of imidazole rings is 1. The van der Waals surface area contributed by atoms with Crippen molar-refractivity contribution >= 4 is 34.0 Å². The third kappa shape index (κ3) is 4.74. The highest BCUT2D eigenvalue weighted by Crippen LogP contribution is 2.26. The average molecular weight is 404 g/mol. The van der Waals surface area contributed by atoms with Gasteiger partial charge in [0.05, 0.1) is 15.9 Å². The van der Waals surface area contributed by atoms with Gasteiger partial charge in [-0.05, 0) is 60.2 Å². The summed E-state index contributed by atoms with van der Waals surface area (Å²) in [6.45, 7) is 2.22. The lowest BCUT2D eigenvalue weighted by Crippen LogP contribution is -2.11. The second-order valence-electron chi connectivity index (χ2n) is 7.26. The molecule has 4 rings (SSSR count). The van der Waals surface area contributed by atoms with Crippen LogP contribution in [0.15, 0.2) is 60.0 Å². The number of anilines is 1. The van der Waals surface area contributed by atoms with Gasteiger partial charge >= 0.3 is 0 Å². The third-order valence-electron chi connectivity index (χ3n) is 5.03. The highest BCUT2D eigenvalue weighted by Gasteiger charge is 2.10. The fraction of sp³-hybridized carbons (Fsp3) is 0.250. The molecule has 1 amide bonds. The largest absolute Gasteiger partial charge is 0.337 e. The molecule has 0 aliphatic rings. The van der Waals surface area contributed by atoms with Gasteiger partial charge in [0.15, 0.2) is 0 Å². The molecular weight excluding hydrogens is 378 g/mol. The van der Waals surface area contributed by atoms with Crippen LogP contribution in [0.4, 0.5) is 5.69 Å². The highest BCUT2D eigenvalue weighted by molar-refractivity contribution is 7.13. The van der Waals surface area contributed by atoms with E-state index in [1.807, 2.05) is 47.8 Å². The molecule has 0 radical (unpaired) electrons. The summed E-state index contributed by atoms with van der Waals surface area (Å²) < 4.78 is 0. The minimum absolute atomic E-state index is 0.0973. The molecule has 2 aromatic carbocycles. The standard InChI is InChI=1S/C24H25N3OS/c1-2-3-4-5-7-17-9-11-18(12-10-17)24(28)25-19-13-14-20-21(16-19)27-23(26-20)22-8-6-15-29-22/h6,8-16H,2-5,7H2,1H3,(H,25,28)(H,26,27). The molecule has 0 aliphatic carbocycles. The minimum Gasteiger partial charge on any atom is -0.337 e. The van der Waals surface area contributed by atoms with Gasteiger partial charge in [-0.2, -0.15) is 0 Å². The van der Waals surface area contributed by atoms with Gasteiger partial charge in [0.1, 0.15) is 5.82 Å². The van der Waals surface area contributed by atoms with E-state index in [1.54, 1.807) is 11.3 Å². The van der Waals surface area contributed by atoms with Crippen molar-refractivity contribution in [1.82, 2.24) is 9.97 Å². The van der Waals surface area contributed by atoms with Crippen molar-refractivity contribution in [3.63, 3.8) is 0 Å². The molecule has 2 aromatic heterocycles. The molecule has 2 N–H and O–H groups in total. The summed E-state index contributed by atoms with van der Waals surface area (Å²) in [5, 5.41) is 5.02. The molecule has 0 unspecified atom stereocenters. The first-order valence-electron chi connectivity index (χ1n) is 10.2. The first-order valence-corrected chi connectivity index (χ1v) is 11.0. The number of nitrogens with zero attached hydrogens (tertiary/aromatic N) is 1. The first-order chi connectivity index (χ1) is 14.2. The van der Waals surface area contributed by atoms with Crippen molar-refractivity contribution in [2.75, 3.05) is 5.32 Å². The molecule has 5 heteroatoms. The Balaban J connectivity index is 1.41. The number of rotatable bonds is 8. The number of fused-ring (bicyclic) bond motifs is 1. The number of aryl methyl sites for hydroxylation is 1. The Kier molecular flexibility index (Phi) is 6.06. The van der Waals surface area contributed by atoms with E-state index in [4.69, 9.17) is 0 Å². The number of unbranched alkanes of at least 4 members (excludes halogenated alkanes) is 3. The van der Waals surface area contributed by atoms with Crippen LogP contribution < -0.4 is 5.32 Å². The van der Waals surface area contributed by atoms with Gasteiger partial charge < -0.3 is 10.3 Å². The summed E-state index contributed by atoms with van der Waals surface area (Å²) in [5.41, 5.74) is 4.52. The summed E-state index contributed by atoms with van der Waals surface area (Å²) in [7, 11) is 0. The Bertz CT molecular complexity index is 1080. The van der Waals surface area contributed by atoms with Crippen LogP contribution in [-0.4, -0.2) is 15.9 Å². The second kappa shape index (κ2) is 9.05. The van der Waals surface area contributed by atoms with Crippen LogP contribution >= 0.6 is 11.3 Å². The van der Waals surface area contributed by atoms with E-state index in [2.05, 4.69) is 34.3 Å². The molecular formula is C24H25N3OS. The maximum absolute atomic E-state index is 12.6. The average Bonchev–Trinajstić information content (AvgIpc) is 3.41. The fourth-order valence-corrected chi connectivity index (χ4v) is 4.07. The van der Waals surface area contributed by atoms with Gasteiger partial charge in [-0.15, -0.1) is 11.3 Å². The molecule has 0 bridgehead atoms. The SMILES string of the molecule is CCCCCCc1ccc(C(=O)Nc2ccc3nc(-c4cccs4)[nH]c3c2)cc1. The van der Waals surface area contributed by atoms with Gasteiger partial charge in [-0.25, -0.2) is 4.98 Å². The Morgan fingerprint density at radius 3 is 2.69 bits per heavy atom. The van der Waals surface area contributed by atoms with Crippen LogP contribution in [0.2, 0.25) is 0 Å². The van der Waals surface area contributed by atoms with Crippen LogP contribution in [0.25, 0.3) is 21.7 Å². The van der Waals surface area contributed by atoms with E-state index in [0.717, 1.165) is 33.8 Å². The van der Waals surface area contributed by atoms with Crippen LogP contribution in [0.1, 0.15) is 48.5 Å². The number of nitrogens with one attached hydrogen (secondary N) is 2. The number of aromatic nitrogens is 2. The fourth-order valence-electron chi connectivity index (χ4n) is 3.40. The molecule has 4 aromatic rings. The van der Waals surface area contributed by atoms with Crippen molar-refractivity contribution in [3.8, 4) is 10.7 Å². The monoisotopic (exact) mass is 403 g/mol. The van der Waals surface area contributed by atoms with Crippen LogP contribution in [0.5, 0.6) is 0 Å². The number of H-pyrrole nitrogens is 1. The number of hydrogen-bond donors (Lipinski definition) is 2. The zero-order valence-corrected chi connectivity index (χ0v) is 17.4. The second-order valence-corrected chi connectivity index (χ2v) is 8.20. The normalized spacial score (nSPS) is 11.1. The maximum atomic E-state index is 12.6. The van der Waals surface area contributed by atoms with Crippen molar-refractivity contribution in [3.05, 3.63) is 71.1 Å². The van der Waals surface area contributed by atoms with Gasteiger partial charge in [0.2, 0.25) is 0 Å². The van der Waals surface area contributed by atoms with E-state index in [0.29, 0.717) is 5.56 Å². The number of hydrogen-bond acceptors (Lipinski definition) is 3. The number of benzene rings is 2. The molecule has 0 saturated heterocycles. The molecule has 4 nitrogen and oxygen atoms in total. The summed E-state index contributed by atoms with van der Waals surface area (Å²) >= 11 is 1.65. The van der Waals surface area contributed by atoms with Crippen molar-refractivity contribution in [2.45, 2.75) is 39.0 Å². The minimum atomic E-state index is -0.0973. The van der Waals surface area contributed by atoms with Crippen molar-refractivity contribution in [2.24, 2.45) is 0 Å². The van der Waals surface area contributed by atoms with Crippen LogP contribution in [0.3, 0.4) is 0 Å². The highest BCUT2D eigenvalue weighted by atomic mass is 32.1. The third-order valence-corrected chi connectivity index (χ3v) is 5.91. The van der Waals surface area contributed by atoms with Gasteiger partial charge in [0.25, 0.3) is 5.91 Å². The van der Waals surface area contributed by atoms with Gasteiger partial charge in [0, 0.05) is 11.3 Å². The quantitative estimate of drug-likeness (QED) is 0.323. The number of aromatic amines is 1. The van der Waals surface area contributed by atoms with E-state index in [-0.39, 0.29) is 5.91 Å². The lowest BCUT2D eigenvalue weighted by Gasteiger charge is -2.07. The van der Waals surface area contributed by atoms with Crippen molar-refractivity contribution < 1.29 is 4.79 Å². The zero-order valence-electron chi connectivity index (χ0n) is 16.6. The molecule has 29 heavy (non-hydrogen) atoms. The molecule has 0 aliphatic heterocycles. The number of carbonyl (C=O) groups excluding carboxylic acids is 1. The Morgan fingerprint density at radius 2 is 1.93 bits per heavy atom. The molecule has 0 fully saturated rings. The van der Waals surface area contributed by atoms with E-state index in [9.17, 15) is 4.79 Å². The Morgan fingerprint density at radius 1 is 1.07 bits per heavy atom. The van der Waals surface area contributed by atoms with Gasteiger partial charge in [-0.1, -0.05) is 44.4 Å². The Hall–Kier alpha value is -2.92. The Labute approximate surface area is 175 Å². The van der Waals surface area contributed by atoms with Gasteiger partial charge in [-0.3, -0.25) is 4.79 Å². The van der Waals surface area contributed by atoms with E-state index < -0.39 is 0 Å². The molecule has 0 saturated carbocycles. The molecule has 0 atom stereocenters. The number of carbonyl (C=O) groups is 1. The van der Waals surface area contributed by atoms with Crippen molar-refractivity contribution in [1.29, 1.82) is 0 Å². The zero-order chi connectivity index (χ0) is 20.1. The molecule has 0 spiro atoms. The van der Waals surface area contributed by atoms with Crippen LogP contribution in [-0.2, 0) is 6.42 Å². The number of amides is 1. The van der Waals surface area contributed by atoms with E-state index in [1.165, 1.54) is 31.2 Å². The first kappa shape index (κ1) is 19.4. The van der Waals surface area contributed by atoms with E-state index >= 15 is 0 Å². The summed E-state index contributed by atoms with van der Waals surface area (Å²) in [4.78, 5) is 21.7. The predicted octanol–water partition coefficient (Wildman–Crippen LogP) is 6.67. The smallest absolute Gasteiger partial charge is 0.255 e. The maximum Gasteiger partial charge on any atom is 0.255 e. The molecule has 2 heterocycles. The lowest BCUT2D eigenvalue weighted by atomic mass is 10.0. The lowest BCUT2D eigenvalue weighted by molar-refractivity contribution is 0.102. The predicted molar refractivity (Wildman–Crippen MR) is 122 cm³/mol. The summed E-state index contributed by atoms with van der Waals surface area (Å²) in [6, 6.07) is 17.7. The summed E-state index contributed by atoms with van der Waals surface area (Å²) in [5.74, 6) is 0.757. The van der Waals surface area contributed by atoms with Crippen LogP contribution in [0, 0.1) is 0 Å². The topological polar surface area (TPSA) is 57.8 Å². The molecule has 148 valence electrons. The number of thiophene rings is 1. The summed E-state index contributed by atoms with van der Waals surface area (Å²) in [6.07, 6.45) is 6.08.